The van der Waals surface area contributed by atoms with Crippen molar-refractivity contribution in [2.75, 3.05) is 20.1 Å². The number of halogens is 1. The summed E-state index contributed by atoms with van der Waals surface area (Å²) in [6.45, 7) is 3.38. The Morgan fingerprint density at radius 1 is 1.33 bits per heavy atom. The fraction of sp³-hybridized carbons (Fsp3) is 0.471. The number of aromatic nitrogens is 2. The highest BCUT2D eigenvalue weighted by Crippen LogP contribution is 2.49. The van der Waals surface area contributed by atoms with Gasteiger partial charge in [-0.05, 0) is 31.4 Å². The Morgan fingerprint density at radius 2 is 2.12 bits per heavy atom. The number of aliphatic imine (C=N–C) groups is 1. The summed E-state index contributed by atoms with van der Waals surface area (Å²) < 4.78 is 6.29. The molecule has 0 spiro atoms. The topological polar surface area (TPSA) is 75.3 Å². The third kappa shape index (κ3) is 3.95. The van der Waals surface area contributed by atoms with Crippen LogP contribution in [0.4, 0.5) is 0 Å². The Bertz CT molecular complexity index is 723. The first-order chi connectivity index (χ1) is 11.6. The van der Waals surface area contributed by atoms with E-state index in [1.165, 1.54) is 22.9 Å². The molecule has 1 heterocycles. The van der Waals surface area contributed by atoms with Gasteiger partial charge in [-0.3, -0.25) is 4.99 Å². The van der Waals surface area contributed by atoms with Crippen LogP contribution in [-0.2, 0) is 11.8 Å². The van der Waals surface area contributed by atoms with Crippen LogP contribution in [0.1, 0.15) is 30.1 Å². The molecule has 1 fully saturated rings. The van der Waals surface area contributed by atoms with Crippen LogP contribution in [-0.4, -0.2) is 36.2 Å². The average Bonchev–Trinajstić information content (AvgIpc) is 3.26. The lowest BCUT2D eigenvalue weighted by molar-refractivity contribution is 0.374. The van der Waals surface area contributed by atoms with E-state index >= 15 is 0 Å². The van der Waals surface area contributed by atoms with Crippen LogP contribution >= 0.6 is 15.9 Å². The molecule has 2 aromatic rings. The van der Waals surface area contributed by atoms with Gasteiger partial charge >= 0.3 is 0 Å². The minimum Gasteiger partial charge on any atom is -0.356 e. The second kappa shape index (κ2) is 7.34. The molecule has 0 radical (unpaired) electrons. The number of guanidine groups is 1. The van der Waals surface area contributed by atoms with Crippen LogP contribution in [0.5, 0.6) is 0 Å². The van der Waals surface area contributed by atoms with Gasteiger partial charge in [-0.1, -0.05) is 39.3 Å². The van der Waals surface area contributed by atoms with Gasteiger partial charge in [0.2, 0.25) is 5.89 Å². The van der Waals surface area contributed by atoms with Crippen molar-refractivity contribution >= 4 is 21.9 Å². The standard InChI is InChI=1S/C17H22BrN5O/c1-12-22-15(24-23-12)7-10-20-16(19-2)21-11-17(8-9-17)13-5-3-4-6-14(13)18/h3-6H,7-11H2,1-2H3,(H2,19,20,21). The van der Waals surface area contributed by atoms with Crippen LogP contribution in [0, 0.1) is 6.92 Å². The number of nitrogens with zero attached hydrogens (tertiary/aromatic N) is 3. The van der Waals surface area contributed by atoms with Crippen LogP contribution in [0.2, 0.25) is 0 Å². The van der Waals surface area contributed by atoms with E-state index in [0.717, 1.165) is 12.5 Å². The van der Waals surface area contributed by atoms with Crippen LogP contribution in [0.3, 0.4) is 0 Å². The summed E-state index contributed by atoms with van der Waals surface area (Å²) in [5.41, 5.74) is 1.58. The molecule has 6 nitrogen and oxygen atoms in total. The Morgan fingerprint density at radius 3 is 2.75 bits per heavy atom. The number of hydrogen-bond donors (Lipinski definition) is 2. The van der Waals surface area contributed by atoms with E-state index in [9.17, 15) is 0 Å². The lowest BCUT2D eigenvalue weighted by Gasteiger charge is -2.20. The molecular weight excluding hydrogens is 370 g/mol. The normalized spacial score (nSPS) is 16.0. The third-order valence-corrected chi connectivity index (χ3v) is 5.01. The number of aryl methyl sites for hydroxylation is 1. The fourth-order valence-electron chi connectivity index (χ4n) is 2.79. The first-order valence-corrected chi connectivity index (χ1v) is 8.91. The van der Waals surface area contributed by atoms with Crippen molar-refractivity contribution in [2.45, 2.75) is 31.6 Å². The van der Waals surface area contributed by atoms with Gasteiger partial charge in [-0.25, -0.2) is 0 Å². The highest BCUT2D eigenvalue weighted by molar-refractivity contribution is 9.10. The first kappa shape index (κ1) is 17.0. The second-order valence-corrected chi connectivity index (χ2v) is 6.95. The summed E-state index contributed by atoms with van der Waals surface area (Å²) >= 11 is 3.67. The SMILES string of the molecule is CN=C(NCCc1nc(C)no1)NCC1(c2ccccc2Br)CC1. The van der Waals surface area contributed by atoms with E-state index in [-0.39, 0.29) is 5.41 Å². The molecule has 0 aliphatic heterocycles. The van der Waals surface area contributed by atoms with Gasteiger partial charge in [0, 0.05) is 36.4 Å². The number of rotatable bonds is 6. The fourth-order valence-corrected chi connectivity index (χ4v) is 3.49. The monoisotopic (exact) mass is 391 g/mol. The Labute approximate surface area is 150 Å². The van der Waals surface area contributed by atoms with Gasteiger partial charge in [-0.15, -0.1) is 0 Å². The van der Waals surface area contributed by atoms with Crippen LogP contribution in [0.15, 0.2) is 38.3 Å². The van der Waals surface area contributed by atoms with Crippen molar-refractivity contribution in [3.8, 4) is 0 Å². The van der Waals surface area contributed by atoms with Crippen molar-refractivity contribution in [3.63, 3.8) is 0 Å². The lowest BCUT2D eigenvalue weighted by atomic mass is 9.96. The van der Waals surface area contributed by atoms with Gasteiger partial charge in [0.25, 0.3) is 0 Å². The molecule has 2 N–H and O–H groups in total. The zero-order chi connectivity index (χ0) is 17.0. The zero-order valence-corrected chi connectivity index (χ0v) is 15.6. The lowest BCUT2D eigenvalue weighted by Crippen LogP contribution is -2.42. The molecule has 1 aliphatic rings. The predicted molar refractivity (Wildman–Crippen MR) is 97.2 cm³/mol. The largest absolute Gasteiger partial charge is 0.356 e. The van der Waals surface area contributed by atoms with Gasteiger partial charge in [-0.2, -0.15) is 4.98 Å². The Hall–Kier alpha value is -1.89. The van der Waals surface area contributed by atoms with Crippen molar-refractivity contribution in [3.05, 3.63) is 46.0 Å². The van der Waals surface area contributed by atoms with E-state index in [1.54, 1.807) is 7.05 Å². The van der Waals surface area contributed by atoms with E-state index in [0.29, 0.717) is 24.7 Å². The summed E-state index contributed by atoms with van der Waals surface area (Å²) in [6, 6.07) is 8.46. The van der Waals surface area contributed by atoms with Crippen molar-refractivity contribution in [1.29, 1.82) is 0 Å². The van der Waals surface area contributed by atoms with Crippen molar-refractivity contribution in [2.24, 2.45) is 4.99 Å². The molecule has 0 saturated heterocycles. The van der Waals surface area contributed by atoms with Gasteiger partial charge in [0.05, 0.1) is 0 Å². The molecular formula is C17H22BrN5O. The quantitative estimate of drug-likeness (QED) is 0.584. The molecule has 24 heavy (non-hydrogen) atoms. The molecule has 128 valence electrons. The molecule has 0 unspecified atom stereocenters. The average molecular weight is 392 g/mol. The number of benzene rings is 1. The van der Waals surface area contributed by atoms with E-state index in [4.69, 9.17) is 4.52 Å². The van der Waals surface area contributed by atoms with Crippen LogP contribution < -0.4 is 10.6 Å². The van der Waals surface area contributed by atoms with Crippen molar-refractivity contribution in [1.82, 2.24) is 20.8 Å². The van der Waals surface area contributed by atoms with E-state index < -0.39 is 0 Å². The summed E-state index contributed by atoms with van der Waals surface area (Å²) in [4.78, 5) is 8.48. The summed E-state index contributed by atoms with van der Waals surface area (Å²) in [5, 5.41) is 10.5. The maximum Gasteiger partial charge on any atom is 0.228 e. The summed E-state index contributed by atoms with van der Waals surface area (Å²) in [6.07, 6.45) is 3.07. The highest BCUT2D eigenvalue weighted by atomic mass is 79.9. The third-order valence-electron chi connectivity index (χ3n) is 4.32. The number of hydrogen-bond acceptors (Lipinski definition) is 4. The van der Waals surface area contributed by atoms with E-state index in [2.05, 4.69) is 66.0 Å². The maximum absolute atomic E-state index is 5.11. The molecule has 1 aliphatic carbocycles. The Balaban J connectivity index is 1.50. The smallest absolute Gasteiger partial charge is 0.228 e. The molecule has 1 saturated carbocycles. The molecule has 1 aromatic heterocycles. The second-order valence-electron chi connectivity index (χ2n) is 6.10. The maximum atomic E-state index is 5.11. The van der Waals surface area contributed by atoms with Crippen molar-refractivity contribution < 1.29 is 4.52 Å². The van der Waals surface area contributed by atoms with E-state index in [1.807, 2.05) is 6.92 Å². The number of nitrogens with one attached hydrogen (secondary N) is 2. The molecule has 1 aromatic carbocycles. The minimum atomic E-state index is 0.210. The molecule has 3 rings (SSSR count). The first-order valence-electron chi connectivity index (χ1n) is 8.12. The van der Waals surface area contributed by atoms with Crippen LogP contribution in [0.25, 0.3) is 0 Å². The van der Waals surface area contributed by atoms with Gasteiger partial charge < -0.3 is 15.2 Å². The highest BCUT2D eigenvalue weighted by Gasteiger charge is 2.45. The molecule has 7 heteroatoms. The predicted octanol–water partition coefficient (Wildman–Crippen LogP) is 2.58. The Kier molecular flexibility index (Phi) is 5.18. The molecule has 0 bridgehead atoms. The van der Waals surface area contributed by atoms with Gasteiger partial charge in [0.15, 0.2) is 11.8 Å². The summed E-state index contributed by atoms with van der Waals surface area (Å²) in [5.74, 6) is 2.10. The zero-order valence-electron chi connectivity index (χ0n) is 14.0. The molecule has 0 amide bonds. The molecule has 0 atom stereocenters. The minimum absolute atomic E-state index is 0.210. The summed E-state index contributed by atoms with van der Waals surface area (Å²) in [7, 11) is 1.78. The van der Waals surface area contributed by atoms with Gasteiger partial charge in [0.1, 0.15) is 0 Å².